The van der Waals surface area contributed by atoms with Crippen molar-refractivity contribution in [3.8, 4) is 0 Å². The van der Waals surface area contributed by atoms with Crippen LogP contribution in [0, 0.1) is 5.92 Å². The predicted octanol–water partition coefficient (Wildman–Crippen LogP) is 1.59. The Morgan fingerprint density at radius 3 is 2.43 bits per heavy atom. The predicted molar refractivity (Wildman–Crippen MR) is 95.1 cm³/mol. The molecule has 2 aliphatic rings. The zero-order valence-electron chi connectivity index (χ0n) is 14.3. The monoisotopic (exact) mass is 344 g/mol. The van der Waals surface area contributed by atoms with Gasteiger partial charge in [-0.15, -0.1) is 0 Å². The standard InChI is InChI=1S/C16H32N4O2S/c1-2-17-16(20-15-9-4-3-5-10-15)18-11-12-23(21,22)19-13-14-7-6-8-14/h14-15,19H,2-13H2,1H3,(H2,17,18,20). The topological polar surface area (TPSA) is 82.6 Å². The molecule has 134 valence electrons. The SMILES string of the molecule is CCNC(=NCCS(=O)(=O)NCC1CCC1)NC1CCCCC1. The molecule has 2 fully saturated rings. The van der Waals surface area contributed by atoms with Crippen LogP contribution in [0.3, 0.4) is 0 Å². The molecule has 23 heavy (non-hydrogen) atoms. The van der Waals surface area contributed by atoms with Crippen LogP contribution < -0.4 is 15.4 Å². The van der Waals surface area contributed by atoms with Crippen LogP contribution in [-0.4, -0.2) is 45.8 Å². The van der Waals surface area contributed by atoms with Gasteiger partial charge in [0.15, 0.2) is 5.96 Å². The van der Waals surface area contributed by atoms with Crippen LogP contribution >= 0.6 is 0 Å². The maximum Gasteiger partial charge on any atom is 0.213 e. The molecule has 2 rings (SSSR count). The van der Waals surface area contributed by atoms with Crippen LogP contribution in [0.25, 0.3) is 0 Å². The molecule has 0 aromatic rings. The molecule has 0 amide bonds. The van der Waals surface area contributed by atoms with E-state index in [1.165, 1.54) is 38.5 Å². The van der Waals surface area contributed by atoms with Crippen molar-refractivity contribution >= 4 is 16.0 Å². The number of guanidine groups is 1. The Balaban J connectivity index is 1.74. The van der Waals surface area contributed by atoms with Crippen LogP contribution in [0.4, 0.5) is 0 Å². The molecule has 3 N–H and O–H groups in total. The van der Waals surface area contributed by atoms with Crippen molar-refractivity contribution in [1.29, 1.82) is 0 Å². The minimum Gasteiger partial charge on any atom is -0.357 e. The van der Waals surface area contributed by atoms with Crippen molar-refractivity contribution in [2.75, 3.05) is 25.4 Å². The van der Waals surface area contributed by atoms with Crippen molar-refractivity contribution in [1.82, 2.24) is 15.4 Å². The molecule has 0 aromatic carbocycles. The molecular weight excluding hydrogens is 312 g/mol. The Morgan fingerprint density at radius 1 is 1.09 bits per heavy atom. The zero-order chi connectivity index (χ0) is 16.5. The van der Waals surface area contributed by atoms with Gasteiger partial charge >= 0.3 is 0 Å². The quantitative estimate of drug-likeness (QED) is 0.461. The summed E-state index contributed by atoms with van der Waals surface area (Å²) in [6.07, 6.45) is 9.71. The summed E-state index contributed by atoms with van der Waals surface area (Å²) in [4.78, 5) is 4.43. The Morgan fingerprint density at radius 2 is 1.83 bits per heavy atom. The lowest BCUT2D eigenvalue weighted by atomic mass is 9.86. The van der Waals surface area contributed by atoms with Gasteiger partial charge in [-0.25, -0.2) is 13.1 Å². The number of nitrogens with one attached hydrogen (secondary N) is 3. The van der Waals surface area contributed by atoms with Crippen molar-refractivity contribution in [2.24, 2.45) is 10.9 Å². The molecule has 6 nitrogen and oxygen atoms in total. The Hall–Kier alpha value is -0.820. The van der Waals surface area contributed by atoms with E-state index in [1.54, 1.807) is 0 Å². The van der Waals surface area contributed by atoms with E-state index >= 15 is 0 Å². The average molecular weight is 345 g/mol. The summed E-state index contributed by atoms with van der Waals surface area (Å²) in [5.41, 5.74) is 0. The summed E-state index contributed by atoms with van der Waals surface area (Å²) in [5, 5.41) is 6.64. The molecule has 0 atom stereocenters. The summed E-state index contributed by atoms with van der Waals surface area (Å²) in [6, 6.07) is 0.467. The highest BCUT2D eigenvalue weighted by atomic mass is 32.2. The van der Waals surface area contributed by atoms with Crippen LogP contribution in [-0.2, 0) is 10.0 Å². The lowest BCUT2D eigenvalue weighted by Crippen LogP contribution is -2.44. The summed E-state index contributed by atoms with van der Waals surface area (Å²) in [5.74, 6) is 1.34. The molecule has 0 bridgehead atoms. The molecule has 0 radical (unpaired) electrons. The van der Waals surface area contributed by atoms with E-state index in [9.17, 15) is 8.42 Å². The first kappa shape index (κ1) is 18.5. The van der Waals surface area contributed by atoms with Crippen LogP contribution in [0.15, 0.2) is 4.99 Å². The molecule has 0 unspecified atom stereocenters. The fourth-order valence-corrected chi connectivity index (χ4v) is 4.02. The van der Waals surface area contributed by atoms with E-state index in [1.807, 2.05) is 6.92 Å². The second-order valence-corrected chi connectivity index (χ2v) is 8.63. The van der Waals surface area contributed by atoms with Gasteiger partial charge in [-0.1, -0.05) is 25.7 Å². The Labute approximate surface area is 141 Å². The summed E-state index contributed by atoms with van der Waals surface area (Å²) in [7, 11) is -3.21. The smallest absolute Gasteiger partial charge is 0.213 e. The van der Waals surface area contributed by atoms with Crippen molar-refractivity contribution < 1.29 is 8.42 Å². The van der Waals surface area contributed by atoms with Gasteiger partial charge in [0, 0.05) is 19.1 Å². The second kappa shape index (κ2) is 9.47. The van der Waals surface area contributed by atoms with Gasteiger partial charge in [-0.05, 0) is 38.5 Å². The van der Waals surface area contributed by atoms with Crippen molar-refractivity contribution in [3.05, 3.63) is 0 Å². The van der Waals surface area contributed by atoms with E-state index in [0.29, 0.717) is 25.0 Å². The molecule has 0 aliphatic heterocycles. The summed E-state index contributed by atoms with van der Waals surface area (Å²) < 4.78 is 26.7. The van der Waals surface area contributed by atoms with E-state index in [2.05, 4.69) is 20.3 Å². The lowest BCUT2D eigenvalue weighted by molar-refractivity contribution is 0.316. The van der Waals surface area contributed by atoms with Gasteiger partial charge in [0.1, 0.15) is 0 Å². The van der Waals surface area contributed by atoms with E-state index in [-0.39, 0.29) is 5.75 Å². The van der Waals surface area contributed by atoms with E-state index in [4.69, 9.17) is 0 Å². The maximum atomic E-state index is 12.0. The number of hydrogen-bond donors (Lipinski definition) is 3. The molecule has 0 spiro atoms. The second-order valence-electron chi connectivity index (χ2n) is 6.70. The lowest BCUT2D eigenvalue weighted by Gasteiger charge is -2.25. The van der Waals surface area contributed by atoms with E-state index in [0.717, 1.165) is 25.3 Å². The number of sulfonamides is 1. The van der Waals surface area contributed by atoms with Gasteiger partial charge < -0.3 is 10.6 Å². The Bertz CT molecular complexity index is 468. The van der Waals surface area contributed by atoms with Gasteiger partial charge in [-0.2, -0.15) is 0 Å². The summed E-state index contributed by atoms with van der Waals surface area (Å²) >= 11 is 0. The normalized spacial score (nSPS) is 21.0. The molecule has 0 aromatic heterocycles. The average Bonchev–Trinajstić information content (AvgIpc) is 2.46. The van der Waals surface area contributed by atoms with Crippen LogP contribution in [0.5, 0.6) is 0 Å². The fourth-order valence-electron chi connectivity index (χ4n) is 3.05. The molecule has 2 aliphatic carbocycles. The summed E-state index contributed by atoms with van der Waals surface area (Å²) in [6.45, 7) is 3.69. The highest BCUT2D eigenvalue weighted by Gasteiger charge is 2.20. The largest absolute Gasteiger partial charge is 0.357 e. The zero-order valence-corrected chi connectivity index (χ0v) is 15.1. The third-order valence-corrected chi connectivity index (χ3v) is 6.06. The molecule has 0 saturated heterocycles. The molecule has 2 saturated carbocycles. The minimum absolute atomic E-state index is 0.0565. The first-order valence-corrected chi connectivity index (χ1v) is 10.8. The number of rotatable bonds is 8. The number of aliphatic imine (C=N–C) groups is 1. The Kier molecular flexibility index (Phi) is 7.62. The first-order valence-electron chi connectivity index (χ1n) is 9.11. The van der Waals surface area contributed by atoms with Gasteiger partial charge in [0.05, 0.1) is 12.3 Å². The highest BCUT2D eigenvalue weighted by molar-refractivity contribution is 7.89. The van der Waals surface area contributed by atoms with E-state index < -0.39 is 10.0 Å². The molecular formula is C16H32N4O2S. The first-order chi connectivity index (χ1) is 11.1. The van der Waals surface area contributed by atoms with Crippen molar-refractivity contribution in [2.45, 2.75) is 64.3 Å². The minimum atomic E-state index is -3.21. The molecule has 0 heterocycles. The van der Waals surface area contributed by atoms with Gasteiger partial charge in [0.25, 0.3) is 0 Å². The number of nitrogens with zero attached hydrogens (tertiary/aromatic N) is 1. The molecule has 7 heteroatoms. The fraction of sp³-hybridized carbons (Fsp3) is 0.938. The van der Waals surface area contributed by atoms with Gasteiger partial charge in [0.2, 0.25) is 10.0 Å². The number of hydrogen-bond acceptors (Lipinski definition) is 3. The van der Waals surface area contributed by atoms with Crippen molar-refractivity contribution in [3.63, 3.8) is 0 Å². The highest BCUT2D eigenvalue weighted by Crippen LogP contribution is 2.25. The van der Waals surface area contributed by atoms with Crippen LogP contribution in [0.1, 0.15) is 58.3 Å². The maximum absolute atomic E-state index is 12.0. The van der Waals surface area contributed by atoms with Crippen LogP contribution in [0.2, 0.25) is 0 Å². The third-order valence-electron chi connectivity index (χ3n) is 4.74. The van der Waals surface area contributed by atoms with Gasteiger partial charge in [-0.3, -0.25) is 4.99 Å². The third kappa shape index (κ3) is 7.08.